The van der Waals surface area contributed by atoms with Crippen molar-refractivity contribution >= 4 is 28.2 Å². The van der Waals surface area contributed by atoms with E-state index < -0.39 is 11.7 Å². The molecule has 0 bridgehead atoms. The van der Waals surface area contributed by atoms with Crippen molar-refractivity contribution in [1.82, 2.24) is 25.1 Å². The quantitative estimate of drug-likeness (QED) is 0.442. The molecule has 1 aliphatic heterocycles. The van der Waals surface area contributed by atoms with Crippen LogP contribution in [-0.2, 0) is 7.05 Å². The summed E-state index contributed by atoms with van der Waals surface area (Å²) >= 11 is 0. The molecule has 35 heavy (non-hydrogen) atoms. The first-order valence-electron chi connectivity index (χ1n) is 11.3. The van der Waals surface area contributed by atoms with Gasteiger partial charge in [0.05, 0.1) is 35.8 Å². The molecule has 1 aliphatic rings. The van der Waals surface area contributed by atoms with Crippen molar-refractivity contribution in [1.29, 1.82) is 0 Å². The van der Waals surface area contributed by atoms with Crippen LogP contribution in [0.4, 0.5) is 15.8 Å². The minimum atomic E-state index is -0.530. The fourth-order valence-corrected chi connectivity index (χ4v) is 4.53. The van der Waals surface area contributed by atoms with E-state index in [1.807, 2.05) is 37.1 Å². The summed E-state index contributed by atoms with van der Waals surface area (Å²) in [6.07, 6.45) is 4.25. The van der Waals surface area contributed by atoms with Gasteiger partial charge >= 0.3 is 0 Å². The van der Waals surface area contributed by atoms with Crippen LogP contribution in [-0.4, -0.2) is 58.9 Å². The molecule has 2 aromatic heterocycles. The maximum atomic E-state index is 14.6. The Morgan fingerprint density at radius 3 is 2.91 bits per heavy atom. The average molecular weight is 476 g/mol. The van der Waals surface area contributed by atoms with Gasteiger partial charge in [-0.2, -0.15) is 5.10 Å². The summed E-state index contributed by atoms with van der Waals surface area (Å²) in [6.45, 7) is 1.81. The van der Waals surface area contributed by atoms with E-state index in [1.165, 1.54) is 25.4 Å². The number of anilines is 2. The molecule has 1 fully saturated rings. The number of methoxy groups -OCH3 is 1. The second-order valence-electron chi connectivity index (χ2n) is 8.46. The van der Waals surface area contributed by atoms with Crippen LogP contribution in [0.1, 0.15) is 16.9 Å². The Kier molecular flexibility index (Phi) is 6.04. The molecule has 2 N–H and O–H groups in total. The molecule has 180 valence electrons. The Morgan fingerprint density at radius 2 is 2.14 bits per heavy atom. The topological polar surface area (TPSA) is 97.2 Å². The molecule has 10 heteroatoms. The summed E-state index contributed by atoms with van der Waals surface area (Å²) in [5.74, 6) is -0.590. The Hall–Kier alpha value is -4.05. The van der Waals surface area contributed by atoms with Gasteiger partial charge in [0.1, 0.15) is 17.3 Å². The summed E-state index contributed by atoms with van der Waals surface area (Å²) < 4.78 is 21.6. The van der Waals surface area contributed by atoms with Gasteiger partial charge in [0.2, 0.25) is 0 Å². The van der Waals surface area contributed by atoms with Crippen molar-refractivity contribution in [2.75, 3.05) is 37.5 Å². The van der Waals surface area contributed by atoms with E-state index in [9.17, 15) is 9.18 Å². The molecular weight excluding hydrogens is 449 g/mol. The number of aryl methyl sites for hydroxylation is 1. The molecule has 0 aliphatic carbocycles. The number of amides is 1. The van der Waals surface area contributed by atoms with Gasteiger partial charge in [0, 0.05) is 38.3 Å². The van der Waals surface area contributed by atoms with Gasteiger partial charge in [-0.05, 0) is 43.3 Å². The molecule has 9 nitrogen and oxygen atoms in total. The van der Waals surface area contributed by atoms with Crippen molar-refractivity contribution in [2.45, 2.75) is 12.5 Å². The number of hydrogen-bond donors (Lipinski definition) is 2. The number of nitrogens with one attached hydrogen (secondary N) is 2. The third-order valence-corrected chi connectivity index (χ3v) is 6.39. The SMILES string of the molecule is COc1cccc(F)c1-c1nccc(C(=O)Nc2ccc3c(cnn3C)c2N(C)C2CCNC2)n1. The maximum Gasteiger partial charge on any atom is 0.274 e. The minimum absolute atomic E-state index is 0.0738. The minimum Gasteiger partial charge on any atom is -0.496 e. The maximum absolute atomic E-state index is 14.6. The summed E-state index contributed by atoms with van der Waals surface area (Å²) in [7, 11) is 5.37. The predicted molar refractivity (Wildman–Crippen MR) is 132 cm³/mol. The van der Waals surface area contributed by atoms with Crippen molar-refractivity contribution < 1.29 is 13.9 Å². The first-order valence-corrected chi connectivity index (χ1v) is 11.3. The normalized spacial score (nSPS) is 15.4. The average Bonchev–Trinajstić information content (AvgIpc) is 3.54. The third kappa shape index (κ3) is 4.17. The van der Waals surface area contributed by atoms with Gasteiger partial charge in [-0.15, -0.1) is 0 Å². The Bertz CT molecular complexity index is 1400. The van der Waals surface area contributed by atoms with Gasteiger partial charge < -0.3 is 20.3 Å². The van der Waals surface area contributed by atoms with E-state index in [2.05, 4.69) is 30.6 Å². The standard InChI is InChI=1S/C25H26FN7O2/c1-32(15-9-11-27-13-15)23-16-14-29-33(2)20(16)8-7-18(23)31-25(34)19-10-12-28-24(30-19)22-17(26)5-4-6-21(22)35-3/h4-8,10,12,14-15,27H,9,11,13H2,1-3H3,(H,31,34). The lowest BCUT2D eigenvalue weighted by atomic mass is 10.1. The molecule has 0 saturated carbocycles. The first kappa shape index (κ1) is 22.7. The monoisotopic (exact) mass is 475 g/mol. The van der Waals surface area contributed by atoms with Crippen molar-refractivity contribution in [3.8, 4) is 17.1 Å². The van der Waals surface area contributed by atoms with Crippen molar-refractivity contribution in [3.05, 3.63) is 60.3 Å². The van der Waals surface area contributed by atoms with Crippen LogP contribution in [0.5, 0.6) is 5.75 Å². The molecule has 4 aromatic rings. The molecule has 0 spiro atoms. The summed E-state index contributed by atoms with van der Waals surface area (Å²) in [5.41, 5.74) is 2.72. The van der Waals surface area contributed by atoms with Crippen LogP contribution in [0.2, 0.25) is 0 Å². The number of rotatable bonds is 6. The van der Waals surface area contributed by atoms with Crippen LogP contribution in [0, 0.1) is 5.82 Å². The second kappa shape index (κ2) is 9.30. The van der Waals surface area contributed by atoms with E-state index >= 15 is 0 Å². The van der Waals surface area contributed by atoms with Crippen molar-refractivity contribution in [2.24, 2.45) is 7.05 Å². The van der Waals surface area contributed by atoms with Crippen LogP contribution < -0.4 is 20.3 Å². The Balaban J connectivity index is 1.51. The van der Waals surface area contributed by atoms with Crippen LogP contribution in [0.25, 0.3) is 22.3 Å². The second-order valence-corrected chi connectivity index (χ2v) is 8.46. The van der Waals surface area contributed by atoms with E-state index in [-0.39, 0.29) is 23.1 Å². The molecule has 2 aromatic carbocycles. The number of nitrogens with zero attached hydrogens (tertiary/aromatic N) is 5. The Labute approximate surface area is 201 Å². The third-order valence-electron chi connectivity index (χ3n) is 6.39. The summed E-state index contributed by atoms with van der Waals surface area (Å²) in [4.78, 5) is 24.0. The number of hydrogen-bond acceptors (Lipinski definition) is 7. The number of halogens is 1. The fraction of sp³-hybridized carbons (Fsp3) is 0.280. The van der Waals surface area contributed by atoms with Crippen molar-refractivity contribution in [3.63, 3.8) is 0 Å². The molecule has 1 atom stereocenters. The highest BCUT2D eigenvalue weighted by molar-refractivity contribution is 6.09. The largest absolute Gasteiger partial charge is 0.496 e. The number of ether oxygens (including phenoxy) is 1. The molecule has 1 amide bonds. The molecule has 3 heterocycles. The van der Waals surface area contributed by atoms with Crippen LogP contribution >= 0.6 is 0 Å². The summed E-state index contributed by atoms with van der Waals surface area (Å²) in [6, 6.07) is 10.1. The molecular formula is C25H26FN7O2. The predicted octanol–water partition coefficient (Wildman–Crippen LogP) is 3.23. The van der Waals surface area contributed by atoms with Gasteiger partial charge in [0.15, 0.2) is 5.82 Å². The number of carbonyl (C=O) groups is 1. The number of aromatic nitrogens is 4. The lowest BCUT2D eigenvalue weighted by Gasteiger charge is -2.29. The highest BCUT2D eigenvalue weighted by Crippen LogP contribution is 2.36. The molecule has 5 rings (SSSR count). The van der Waals surface area contributed by atoms with Gasteiger partial charge in [0.25, 0.3) is 5.91 Å². The number of fused-ring (bicyclic) bond motifs is 1. The highest BCUT2D eigenvalue weighted by atomic mass is 19.1. The van der Waals surface area contributed by atoms with E-state index in [1.54, 1.807) is 12.1 Å². The smallest absolute Gasteiger partial charge is 0.274 e. The van der Waals surface area contributed by atoms with Gasteiger partial charge in [-0.25, -0.2) is 14.4 Å². The zero-order valence-electron chi connectivity index (χ0n) is 19.7. The lowest BCUT2D eigenvalue weighted by Crippen LogP contribution is -2.34. The van der Waals surface area contributed by atoms with Gasteiger partial charge in [-0.1, -0.05) is 6.07 Å². The van der Waals surface area contributed by atoms with E-state index in [0.717, 1.165) is 36.1 Å². The zero-order chi connectivity index (χ0) is 24.5. The molecule has 1 unspecified atom stereocenters. The fourth-order valence-electron chi connectivity index (χ4n) is 4.53. The summed E-state index contributed by atoms with van der Waals surface area (Å²) in [5, 5.41) is 11.7. The molecule has 0 radical (unpaired) electrons. The first-order chi connectivity index (χ1) is 17.0. The van der Waals surface area contributed by atoms with Gasteiger partial charge in [-0.3, -0.25) is 9.48 Å². The lowest BCUT2D eigenvalue weighted by molar-refractivity contribution is 0.102. The van der Waals surface area contributed by atoms with Crippen LogP contribution in [0.3, 0.4) is 0 Å². The molecule has 1 saturated heterocycles. The van der Waals surface area contributed by atoms with E-state index in [0.29, 0.717) is 11.4 Å². The highest BCUT2D eigenvalue weighted by Gasteiger charge is 2.25. The number of benzene rings is 2. The Morgan fingerprint density at radius 1 is 1.29 bits per heavy atom. The number of carbonyl (C=O) groups excluding carboxylic acids is 1. The number of likely N-dealkylation sites (N-methyl/N-ethyl adjacent to an activating group) is 1. The van der Waals surface area contributed by atoms with Crippen LogP contribution in [0.15, 0.2) is 48.8 Å². The zero-order valence-corrected chi connectivity index (χ0v) is 19.7. The van der Waals surface area contributed by atoms with E-state index in [4.69, 9.17) is 4.74 Å².